The molecule has 0 saturated carbocycles. The number of hydrogen-bond donors (Lipinski definition) is 0. The Morgan fingerprint density at radius 3 is 2.16 bits per heavy atom. The van der Waals surface area contributed by atoms with E-state index in [0.29, 0.717) is 27.4 Å². The van der Waals surface area contributed by atoms with Crippen molar-refractivity contribution in [3.8, 4) is 0 Å². The molecule has 31 heavy (non-hydrogen) atoms. The van der Waals surface area contributed by atoms with Gasteiger partial charge in [-0.05, 0) is 66.6 Å². The molecule has 0 amide bonds. The second-order valence-corrected chi connectivity index (χ2v) is 8.49. The molecule has 0 N–H and O–H groups in total. The van der Waals surface area contributed by atoms with Gasteiger partial charge in [-0.25, -0.2) is 0 Å². The predicted octanol–water partition coefficient (Wildman–Crippen LogP) is 4.82. The van der Waals surface area contributed by atoms with Crippen molar-refractivity contribution in [1.29, 1.82) is 0 Å². The van der Waals surface area contributed by atoms with Gasteiger partial charge >= 0.3 is 16.3 Å². The zero-order chi connectivity index (χ0) is 22.8. The van der Waals surface area contributed by atoms with E-state index in [2.05, 4.69) is 0 Å². The number of aromatic nitrogens is 1. The summed E-state index contributed by atoms with van der Waals surface area (Å²) in [5.41, 5.74) is -0.352. The molecule has 2 aromatic carbocycles. The molecular formula is C21H15ClF3NO4S. The molecule has 0 aliphatic carbocycles. The second kappa shape index (κ2) is 8.60. The SMILES string of the molecule is Cc1cc(C=Cc2ccc(Cl)cc2)n(OS(=O)(=O)c2ccc(C(F)(F)F)cc2)c(=O)c1. The van der Waals surface area contributed by atoms with E-state index in [0.717, 1.165) is 17.7 Å². The highest BCUT2D eigenvalue weighted by Crippen LogP contribution is 2.29. The molecule has 10 heteroatoms. The third-order valence-corrected chi connectivity index (χ3v) is 5.57. The molecule has 0 atom stereocenters. The lowest BCUT2D eigenvalue weighted by molar-refractivity contribution is -0.137. The lowest BCUT2D eigenvalue weighted by Crippen LogP contribution is -2.32. The monoisotopic (exact) mass is 469 g/mol. The minimum atomic E-state index is -4.61. The van der Waals surface area contributed by atoms with Gasteiger partial charge in [0, 0.05) is 11.1 Å². The van der Waals surface area contributed by atoms with Crippen LogP contribution in [0.1, 0.15) is 22.4 Å². The summed E-state index contributed by atoms with van der Waals surface area (Å²) >= 11 is 5.84. The van der Waals surface area contributed by atoms with Crippen molar-refractivity contribution in [3.05, 3.63) is 98.4 Å². The Morgan fingerprint density at radius 2 is 1.58 bits per heavy atom. The van der Waals surface area contributed by atoms with Crippen LogP contribution in [0.2, 0.25) is 5.02 Å². The van der Waals surface area contributed by atoms with Crippen LogP contribution in [0.25, 0.3) is 12.2 Å². The van der Waals surface area contributed by atoms with Gasteiger partial charge in [-0.15, -0.1) is 4.73 Å². The number of hydrogen-bond acceptors (Lipinski definition) is 4. The van der Waals surface area contributed by atoms with Gasteiger partial charge in [0.15, 0.2) is 0 Å². The predicted molar refractivity (Wildman–Crippen MR) is 111 cm³/mol. The van der Waals surface area contributed by atoms with Crippen LogP contribution in [-0.2, 0) is 16.3 Å². The third-order valence-electron chi connectivity index (χ3n) is 4.12. The molecule has 0 saturated heterocycles. The Bertz CT molecular complexity index is 1280. The second-order valence-electron chi connectivity index (χ2n) is 6.53. The molecule has 0 fully saturated rings. The zero-order valence-corrected chi connectivity index (χ0v) is 17.5. The normalized spacial score (nSPS) is 12.3. The third kappa shape index (κ3) is 5.56. The largest absolute Gasteiger partial charge is 0.416 e. The molecule has 0 spiro atoms. The first-order valence-electron chi connectivity index (χ1n) is 8.75. The van der Waals surface area contributed by atoms with Gasteiger partial charge in [-0.1, -0.05) is 29.8 Å². The van der Waals surface area contributed by atoms with Crippen molar-refractivity contribution in [2.75, 3.05) is 0 Å². The van der Waals surface area contributed by atoms with Crippen LogP contribution in [0.3, 0.4) is 0 Å². The first kappa shape index (κ1) is 22.6. The fourth-order valence-corrected chi connectivity index (χ4v) is 3.65. The smallest absolute Gasteiger partial charge is 0.280 e. The number of benzene rings is 2. The lowest BCUT2D eigenvalue weighted by Gasteiger charge is -2.13. The van der Waals surface area contributed by atoms with E-state index < -0.39 is 32.3 Å². The van der Waals surface area contributed by atoms with Gasteiger partial charge < -0.3 is 0 Å². The van der Waals surface area contributed by atoms with Gasteiger partial charge in [0.2, 0.25) is 0 Å². The van der Waals surface area contributed by atoms with Crippen molar-refractivity contribution in [2.45, 2.75) is 18.0 Å². The molecule has 1 aromatic heterocycles. The zero-order valence-electron chi connectivity index (χ0n) is 15.9. The van der Waals surface area contributed by atoms with Crippen LogP contribution in [-0.4, -0.2) is 13.1 Å². The van der Waals surface area contributed by atoms with Gasteiger partial charge in [0.25, 0.3) is 5.56 Å². The van der Waals surface area contributed by atoms with Crippen LogP contribution >= 0.6 is 11.6 Å². The quantitative estimate of drug-likeness (QED) is 0.537. The molecule has 0 radical (unpaired) electrons. The van der Waals surface area contributed by atoms with Crippen LogP contribution in [0, 0.1) is 6.92 Å². The summed E-state index contributed by atoms with van der Waals surface area (Å²) < 4.78 is 68.8. The number of halogens is 4. The summed E-state index contributed by atoms with van der Waals surface area (Å²) in [5, 5.41) is 0.538. The fourth-order valence-electron chi connectivity index (χ4n) is 2.62. The Kier molecular flexibility index (Phi) is 6.28. The Balaban J connectivity index is 1.96. The molecule has 0 aliphatic rings. The topological polar surface area (TPSA) is 65.4 Å². The summed E-state index contributed by atoms with van der Waals surface area (Å²) in [6.07, 6.45) is -1.52. The minimum Gasteiger partial charge on any atom is -0.280 e. The molecule has 0 aliphatic heterocycles. The first-order chi connectivity index (χ1) is 14.5. The molecule has 0 bridgehead atoms. The average molecular weight is 470 g/mol. The van der Waals surface area contributed by atoms with E-state index in [1.165, 1.54) is 18.2 Å². The van der Waals surface area contributed by atoms with E-state index in [4.69, 9.17) is 15.9 Å². The molecule has 5 nitrogen and oxygen atoms in total. The van der Waals surface area contributed by atoms with E-state index in [-0.39, 0.29) is 5.69 Å². The maximum Gasteiger partial charge on any atom is 0.416 e. The molecule has 3 aromatic rings. The Morgan fingerprint density at radius 1 is 0.968 bits per heavy atom. The summed E-state index contributed by atoms with van der Waals surface area (Å²) in [7, 11) is -4.58. The van der Waals surface area contributed by atoms with E-state index in [9.17, 15) is 26.4 Å². The molecular weight excluding hydrogens is 455 g/mol. The highest BCUT2D eigenvalue weighted by molar-refractivity contribution is 7.87. The molecule has 3 rings (SSSR count). The number of aryl methyl sites for hydroxylation is 1. The van der Waals surface area contributed by atoms with Crippen molar-refractivity contribution < 1.29 is 25.9 Å². The highest BCUT2D eigenvalue weighted by Gasteiger charge is 2.31. The van der Waals surface area contributed by atoms with E-state index in [1.807, 2.05) is 0 Å². The van der Waals surface area contributed by atoms with Crippen LogP contribution in [0.5, 0.6) is 0 Å². The maximum absolute atomic E-state index is 12.7. The van der Waals surface area contributed by atoms with Crippen molar-refractivity contribution in [2.24, 2.45) is 0 Å². The van der Waals surface area contributed by atoms with Crippen molar-refractivity contribution >= 4 is 33.9 Å². The summed E-state index contributed by atoms with van der Waals surface area (Å²) in [5.74, 6) is 0. The van der Waals surface area contributed by atoms with Gasteiger partial charge in [0.1, 0.15) is 4.90 Å². The summed E-state index contributed by atoms with van der Waals surface area (Å²) in [4.78, 5) is 11.9. The number of pyridine rings is 1. The Hall–Kier alpha value is -3.04. The summed E-state index contributed by atoms with van der Waals surface area (Å²) in [6, 6.07) is 12.2. The Labute approximate surface area is 181 Å². The van der Waals surface area contributed by atoms with Crippen LogP contribution < -0.4 is 9.84 Å². The van der Waals surface area contributed by atoms with E-state index in [1.54, 1.807) is 37.3 Å². The maximum atomic E-state index is 12.7. The first-order valence-corrected chi connectivity index (χ1v) is 10.5. The average Bonchev–Trinajstić information content (AvgIpc) is 2.69. The van der Waals surface area contributed by atoms with Crippen LogP contribution in [0.15, 0.2) is 70.4 Å². The number of alkyl halides is 3. The molecule has 0 unspecified atom stereocenters. The number of nitrogens with zero attached hydrogens (tertiary/aromatic N) is 1. The van der Waals surface area contributed by atoms with Gasteiger partial charge in [-0.3, -0.25) is 9.08 Å². The summed E-state index contributed by atoms with van der Waals surface area (Å²) in [6.45, 7) is 1.65. The minimum absolute atomic E-state index is 0.121. The van der Waals surface area contributed by atoms with Gasteiger partial charge in [0.05, 0.1) is 11.3 Å². The molecule has 162 valence electrons. The van der Waals surface area contributed by atoms with Crippen molar-refractivity contribution in [1.82, 2.24) is 4.73 Å². The highest BCUT2D eigenvalue weighted by atomic mass is 35.5. The van der Waals surface area contributed by atoms with Gasteiger partial charge in [-0.2, -0.15) is 21.6 Å². The van der Waals surface area contributed by atoms with E-state index >= 15 is 0 Å². The lowest BCUT2D eigenvalue weighted by atomic mass is 10.2. The fraction of sp³-hybridized carbons (Fsp3) is 0.0952. The van der Waals surface area contributed by atoms with Crippen molar-refractivity contribution in [3.63, 3.8) is 0 Å². The number of rotatable bonds is 5. The van der Waals surface area contributed by atoms with Crippen LogP contribution in [0.4, 0.5) is 13.2 Å². The molecule has 1 heterocycles. The standard InChI is InChI=1S/C21H15ClF3NO4S/c1-14-12-18(9-4-15-2-7-17(22)8-3-15)26(20(27)13-14)30-31(28,29)19-10-5-16(6-11-19)21(23,24)25/h2-13H,1H3.